The number of rotatable bonds is 5. The van der Waals surface area contributed by atoms with E-state index in [9.17, 15) is 13.2 Å². The molecular formula is C16H22N2O3S. The topological polar surface area (TPSA) is 66.5 Å². The van der Waals surface area contributed by atoms with Crippen molar-refractivity contribution in [2.75, 3.05) is 18.0 Å². The molecule has 2 heterocycles. The lowest BCUT2D eigenvalue weighted by molar-refractivity contribution is -0.119. The molecule has 120 valence electrons. The highest BCUT2D eigenvalue weighted by atomic mass is 32.2. The molecule has 0 radical (unpaired) electrons. The Kier molecular flexibility index (Phi) is 3.99. The Hall–Kier alpha value is -1.40. The maximum atomic E-state index is 12.5. The van der Waals surface area contributed by atoms with Gasteiger partial charge in [0.15, 0.2) is 0 Å². The third-order valence-electron chi connectivity index (χ3n) is 4.53. The zero-order valence-electron chi connectivity index (χ0n) is 13.1. The van der Waals surface area contributed by atoms with Crippen molar-refractivity contribution in [1.82, 2.24) is 4.72 Å². The molecule has 0 saturated heterocycles. The minimum Gasteiger partial charge on any atom is -0.311 e. The molecule has 0 saturated carbocycles. The van der Waals surface area contributed by atoms with E-state index in [-0.39, 0.29) is 11.8 Å². The van der Waals surface area contributed by atoms with E-state index in [0.717, 1.165) is 49.0 Å². The lowest BCUT2D eigenvalue weighted by atomic mass is 9.97. The van der Waals surface area contributed by atoms with Crippen molar-refractivity contribution in [3.8, 4) is 0 Å². The van der Waals surface area contributed by atoms with Crippen LogP contribution in [0.1, 0.15) is 50.2 Å². The highest BCUT2D eigenvalue weighted by Crippen LogP contribution is 2.43. The standard InChI is InChI=1S/C16H22N2O3S/c1-3-4-7-17-22(20,21)13-9-12-6-5-8-18-15(12)14(10-13)11(2)16(18)19/h9-11,17H,3-8H2,1-2H3/t11-/m1/s1. The molecule has 0 fully saturated rings. The average molecular weight is 322 g/mol. The summed E-state index contributed by atoms with van der Waals surface area (Å²) in [6.07, 6.45) is 3.48. The Morgan fingerprint density at radius 1 is 1.36 bits per heavy atom. The van der Waals surface area contributed by atoms with Crippen LogP contribution in [-0.4, -0.2) is 27.4 Å². The number of unbranched alkanes of at least 4 members (excludes halogenated alkanes) is 1. The van der Waals surface area contributed by atoms with Crippen molar-refractivity contribution in [2.45, 2.75) is 50.3 Å². The number of sulfonamides is 1. The number of hydrogen-bond donors (Lipinski definition) is 1. The molecule has 0 aromatic heterocycles. The molecule has 0 bridgehead atoms. The summed E-state index contributed by atoms with van der Waals surface area (Å²) in [7, 11) is -3.50. The Bertz CT molecular complexity index is 712. The Morgan fingerprint density at radius 2 is 2.14 bits per heavy atom. The van der Waals surface area contributed by atoms with Gasteiger partial charge in [-0.25, -0.2) is 13.1 Å². The second kappa shape index (κ2) is 5.66. The van der Waals surface area contributed by atoms with Gasteiger partial charge in [-0.2, -0.15) is 0 Å². The van der Waals surface area contributed by atoms with Gasteiger partial charge in [0, 0.05) is 13.1 Å². The molecule has 5 nitrogen and oxygen atoms in total. The molecule has 1 aromatic rings. The van der Waals surface area contributed by atoms with Gasteiger partial charge >= 0.3 is 0 Å². The van der Waals surface area contributed by atoms with Gasteiger partial charge in [0.2, 0.25) is 15.9 Å². The number of anilines is 1. The minimum absolute atomic E-state index is 0.0874. The molecule has 0 spiro atoms. The van der Waals surface area contributed by atoms with Crippen LogP contribution in [0, 0.1) is 0 Å². The van der Waals surface area contributed by atoms with Gasteiger partial charge in [0.1, 0.15) is 0 Å². The van der Waals surface area contributed by atoms with Crippen LogP contribution in [0.5, 0.6) is 0 Å². The summed E-state index contributed by atoms with van der Waals surface area (Å²) >= 11 is 0. The summed E-state index contributed by atoms with van der Waals surface area (Å²) in [6.45, 7) is 5.07. The maximum absolute atomic E-state index is 12.5. The van der Waals surface area contributed by atoms with E-state index >= 15 is 0 Å². The van der Waals surface area contributed by atoms with E-state index < -0.39 is 10.0 Å². The monoisotopic (exact) mass is 322 g/mol. The zero-order chi connectivity index (χ0) is 15.9. The molecule has 1 aromatic carbocycles. The van der Waals surface area contributed by atoms with Crippen LogP contribution in [0.15, 0.2) is 17.0 Å². The quantitative estimate of drug-likeness (QED) is 0.845. The first kappa shape index (κ1) is 15.5. The lowest BCUT2D eigenvalue weighted by Gasteiger charge is -2.26. The first-order valence-electron chi connectivity index (χ1n) is 7.93. The maximum Gasteiger partial charge on any atom is 0.240 e. The van der Waals surface area contributed by atoms with Gasteiger partial charge in [-0.1, -0.05) is 13.3 Å². The summed E-state index contributed by atoms with van der Waals surface area (Å²) in [5.74, 6) is -0.165. The highest BCUT2D eigenvalue weighted by Gasteiger charge is 2.38. The van der Waals surface area contributed by atoms with Crippen LogP contribution in [0.3, 0.4) is 0 Å². The van der Waals surface area contributed by atoms with Crippen molar-refractivity contribution in [1.29, 1.82) is 0 Å². The summed E-state index contributed by atoms with van der Waals surface area (Å²) in [5, 5.41) is 0. The van der Waals surface area contributed by atoms with Crippen molar-refractivity contribution in [3.63, 3.8) is 0 Å². The number of carbonyl (C=O) groups is 1. The number of carbonyl (C=O) groups excluding carboxylic acids is 1. The zero-order valence-corrected chi connectivity index (χ0v) is 13.9. The van der Waals surface area contributed by atoms with Crippen LogP contribution in [-0.2, 0) is 21.2 Å². The second-order valence-electron chi connectivity index (χ2n) is 6.09. The van der Waals surface area contributed by atoms with E-state index in [2.05, 4.69) is 4.72 Å². The fourth-order valence-electron chi connectivity index (χ4n) is 3.29. The molecule has 0 aliphatic carbocycles. The average Bonchev–Trinajstić information content (AvgIpc) is 2.74. The molecule has 1 atom stereocenters. The van der Waals surface area contributed by atoms with Crippen LogP contribution in [0.25, 0.3) is 0 Å². The fourth-order valence-corrected chi connectivity index (χ4v) is 4.45. The molecule has 6 heteroatoms. The number of aryl methyl sites for hydroxylation is 1. The molecule has 22 heavy (non-hydrogen) atoms. The predicted octanol–water partition coefficient (Wildman–Crippen LogP) is 2.16. The van der Waals surface area contributed by atoms with Crippen LogP contribution in [0.2, 0.25) is 0 Å². The van der Waals surface area contributed by atoms with E-state index in [1.54, 1.807) is 12.1 Å². The normalized spacial score (nSPS) is 20.4. The van der Waals surface area contributed by atoms with Gasteiger partial charge in [-0.15, -0.1) is 0 Å². The van der Waals surface area contributed by atoms with Gasteiger partial charge in [-0.05, 0) is 49.4 Å². The summed E-state index contributed by atoms with van der Waals surface area (Å²) in [5.41, 5.74) is 2.80. The van der Waals surface area contributed by atoms with E-state index in [0.29, 0.717) is 11.4 Å². The van der Waals surface area contributed by atoms with Gasteiger partial charge in [-0.3, -0.25) is 4.79 Å². The summed E-state index contributed by atoms with van der Waals surface area (Å²) < 4.78 is 27.6. The highest BCUT2D eigenvalue weighted by molar-refractivity contribution is 7.89. The Balaban J connectivity index is 2.01. The molecule has 1 amide bonds. The van der Waals surface area contributed by atoms with E-state index in [1.165, 1.54) is 0 Å². The van der Waals surface area contributed by atoms with Crippen molar-refractivity contribution < 1.29 is 13.2 Å². The molecule has 3 rings (SSSR count). The number of nitrogens with one attached hydrogen (secondary N) is 1. The third-order valence-corrected chi connectivity index (χ3v) is 5.97. The van der Waals surface area contributed by atoms with E-state index in [4.69, 9.17) is 0 Å². The minimum atomic E-state index is -3.50. The number of nitrogens with zero attached hydrogens (tertiary/aromatic N) is 1. The summed E-state index contributed by atoms with van der Waals surface area (Å²) in [6, 6.07) is 3.42. The molecule has 2 aliphatic heterocycles. The molecular weight excluding hydrogens is 300 g/mol. The summed E-state index contributed by atoms with van der Waals surface area (Å²) in [4.78, 5) is 14.4. The first-order chi connectivity index (χ1) is 10.5. The lowest BCUT2D eigenvalue weighted by Crippen LogP contribution is -2.32. The van der Waals surface area contributed by atoms with Crippen molar-refractivity contribution in [2.24, 2.45) is 0 Å². The largest absolute Gasteiger partial charge is 0.311 e. The Labute approximate surface area is 131 Å². The predicted molar refractivity (Wildman–Crippen MR) is 85.6 cm³/mol. The van der Waals surface area contributed by atoms with Crippen LogP contribution >= 0.6 is 0 Å². The van der Waals surface area contributed by atoms with Gasteiger partial charge < -0.3 is 4.90 Å². The van der Waals surface area contributed by atoms with Crippen LogP contribution < -0.4 is 9.62 Å². The SMILES string of the molecule is CCCCNS(=O)(=O)c1cc2c3c(c1)[C@@H](C)C(=O)N3CCC2. The van der Waals surface area contributed by atoms with Crippen LogP contribution in [0.4, 0.5) is 5.69 Å². The first-order valence-corrected chi connectivity index (χ1v) is 9.42. The second-order valence-corrected chi connectivity index (χ2v) is 7.85. The third kappa shape index (κ3) is 2.44. The number of amides is 1. The van der Waals surface area contributed by atoms with E-state index in [1.807, 2.05) is 18.7 Å². The van der Waals surface area contributed by atoms with Gasteiger partial charge in [0.25, 0.3) is 0 Å². The molecule has 2 aliphatic rings. The molecule has 1 N–H and O–H groups in total. The molecule has 0 unspecified atom stereocenters. The van der Waals surface area contributed by atoms with Crippen molar-refractivity contribution in [3.05, 3.63) is 23.3 Å². The number of benzene rings is 1. The van der Waals surface area contributed by atoms with Gasteiger partial charge in [0.05, 0.1) is 16.5 Å². The smallest absolute Gasteiger partial charge is 0.240 e. The Morgan fingerprint density at radius 3 is 2.86 bits per heavy atom. The fraction of sp³-hybridized carbons (Fsp3) is 0.562. The number of hydrogen-bond acceptors (Lipinski definition) is 3. The van der Waals surface area contributed by atoms with Crippen molar-refractivity contribution >= 4 is 21.6 Å².